The lowest BCUT2D eigenvalue weighted by Gasteiger charge is -2.11. The summed E-state index contributed by atoms with van der Waals surface area (Å²) in [5.74, 6) is -0.271. The maximum atomic E-state index is 10.7. The number of ether oxygens (including phenoxy) is 1. The molecule has 0 heterocycles. The Balaban J connectivity index is 3.37. The molecular weight excluding hydrogens is 134 g/mol. The summed E-state index contributed by atoms with van der Waals surface area (Å²) in [6.07, 6.45) is 0. The van der Waals surface area contributed by atoms with Crippen LogP contribution in [0.5, 0.6) is 0 Å². The van der Waals surface area contributed by atoms with Gasteiger partial charge in [-0.2, -0.15) is 5.06 Å². The summed E-state index contributed by atoms with van der Waals surface area (Å²) in [4.78, 5) is 15.4. The van der Waals surface area contributed by atoms with E-state index in [0.29, 0.717) is 6.61 Å². The molecule has 0 radical (unpaired) electrons. The summed E-state index contributed by atoms with van der Waals surface area (Å²) in [7, 11) is 3.16. The molecule has 0 aromatic carbocycles. The molecule has 0 bridgehead atoms. The average molecular weight is 147 g/mol. The molecule has 0 aromatic heterocycles. The number of carbonyl (C=O) groups excluding carboxylic acids is 1. The third-order valence-corrected chi connectivity index (χ3v) is 0.969. The summed E-state index contributed by atoms with van der Waals surface area (Å²) < 4.78 is 4.65. The van der Waals surface area contributed by atoms with Gasteiger partial charge < -0.3 is 9.57 Å². The molecule has 0 unspecified atom stereocenters. The lowest BCUT2D eigenvalue weighted by Crippen LogP contribution is -2.26. The highest BCUT2D eigenvalue weighted by molar-refractivity contribution is 5.71. The number of hydroxylamine groups is 2. The van der Waals surface area contributed by atoms with Gasteiger partial charge in [0.2, 0.25) is 0 Å². The van der Waals surface area contributed by atoms with E-state index < -0.39 is 0 Å². The molecule has 0 saturated heterocycles. The van der Waals surface area contributed by atoms with E-state index >= 15 is 0 Å². The van der Waals surface area contributed by atoms with Crippen molar-refractivity contribution >= 4 is 5.97 Å². The van der Waals surface area contributed by atoms with E-state index in [4.69, 9.17) is 4.84 Å². The first-order valence-electron chi connectivity index (χ1n) is 3.11. The number of esters is 1. The number of hydrogen-bond acceptors (Lipinski definition) is 4. The fourth-order valence-electron chi connectivity index (χ4n) is 0.453. The maximum absolute atomic E-state index is 10.7. The monoisotopic (exact) mass is 147 g/mol. The molecule has 0 amide bonds. The van der Waals surface area contributed by atoms with E-state index in [1.54, 1.807) is 14.0 Å². The second-order valence-electron chi connectivity index (χ2n) is 1.77. The van der Waals surface area contributed by atoms with Crippen molar-refractivity contribution in [1.82, 2.24) is 5.06 Å². The largest absolute Gasteiger partial charge is 0.465 e. The summed E-state index contributed by atoms with van der Waals surface area (Å²) in [5.41, 5.74) is 0. The molecule has 0 rings (SSSR count). The topological polar surface area (TPSA) is 38.8 Å². The van der Waals surface area contributed by atoms with Gasteiger partial charge in [-0.25, -0.2) is 0 Å². The molecule has 0 saturated carbocycles. The Bertz CT molecular complexity index is 105. The van der Waals surface area contributed by atoms with Gasteiger partial charge in [-0.15, -0.1) is 0 Å². The van der Waals surface area contributed by atoms with E-state index in [-0.39, 0.29) is 12.5 Å². The summed E-state index contributed by atoms with van der Waals surface area (Å²) in [6.45, 7) is 2.35. The molecule has 0 aliphatic rings. The van der Waals surface area contributed by atoms with Crippen molar-refractivity contribution in [3.8, 4) is 0 Å². The molecule has 0 fully saturated rings. The standard InChI is InChI=1S/C6H13NO3/c1-4-10-6(8)5-7(2)9-3/h4-5H2,1-3H3. The van der Waals surface area contributed by atoms with Crippen LogP contribution in [-0.4, -0.2) is 38.3 Å². The van der Waals surface area contributed by atoms with Gasteiger partial charge >= 0.3 is 5.97 Å². The van der Waals surface area contributed by atoms with Crippen LogP contribution in [-0.2, 0) is 14.4 Å². The van der Waals surface area contributed by atoms with Gasteiger partial charge in [0.15, 0.2) is 0 Å². The maximum Gasteiger partial charge on any atom is 0.322 e. The normalized spacial score (nSPS) is 10.0. The van der Waals surface area contributed by atoms with Crippen LogP contribution in [0, 0.1) is 0 Å². The lowest BCUT2D eigenvalue weighted by molar-refractivity contribution is -0.161. The molecule has 10 heavy (non-hydrogen) atoms. The minimum atomic E-state index is -0.271. The van der Waals surface area contributed by atoms with Gasteiger partial charge in [-0.05, 0) is 6.92 Å². The zero-order valence-corrected chi connectivity index (χ0v) is 6.59. The first-order chi connectivity index (χ1) is 4.70. The van der Waals surface area contributed by atoms with Gasteiger partial charge in [0.25, 0.3) is 0 Å². The first-order valence-corrected chi connectivity index (χ1v) is 3.11. The van der Waals surface area contributed by atoms with E-state index in [1.165, 1.54) is 12.2 Å². The van der Waals surface area contributed by atoms with E-state index in [2.05, 4.69) is 4.74 Å². The molecule has 4 heteroatoms. The highest BCUT2D eigenvalue weighted by Gasteiger charge is 2.04. The Labute approximate surface area is 60.7 Å². The Kier molecular flexibility index (Phi) is 4.88. The quantitative estimate of drug-likeness (QED) is 0.416. The highest BCUT2D eigenvalue weighted by atomic mass is 16.7. The number of nitrogens with zero attached hydrogens (tertiary/aromatic N) is 1. The molecule has 0 aliphatic carbocycles. The lowest BCUT2D eigenvalue weighted by atomic mass is 10.6. The van der Waals surface area contributed by atoms with Gasteiger partial charge in [-0.3, -0.25) is 4.79 Å². The van der Waals surface area contributed by atoms with Crippen LogP contribution in [0.25, 0.3) is 0 Å². The van der Waals surface area contributed by atoms with Gasteiger partial charge in [0.1, 0.15) is 6.54 Å². The Morgan fingerprint density at radius 2 is 2.20 bits per heavy atom. The fraction of sp³-hybridized carbons (Fsp3) is 0.833. The van der Waals surface area contributed by atoms with Gasteiger partial charge in [-0.1, -0.05) is 0 Å². The van der Waals surface area contributed by atoms with E-state index in [0.717, 1.165) is 0 Å². The predicted octanol–water partition coefficient (Wildman–Crippen LogP) is 0.0427. The minimum absolute atomic E-state index is 0.171. The van der Waals surface area contributed by atoms with Crippen molar-refractivity contribution in [1.29, 1.82) is 0 Å². The van der Waals surface area contributed by atoms with Crippen LogP contribution in [0.3, 0.4) is 0 Å². The first kappa shape index (κ1) is 9.39. The van der Waals surface area contributed by atoms with Crippen LogP contribution in [0.2, 0.25) is 0 Å². The van der Waals surface area contributed by atoms with Crippen molar-refractivity contribution < 1.29 is 14.4 Å². The van der Waals surface area contributed by atoms with Crippen LogP contribution in [0.1, 0.15) is 6.92 Å². The number of rotatable bonds is 4. The molecule has 0 N–H and O–H groups in total. The van der Waals surface area contributed by atoms with Crippen LogP contribution in [0.4, 0.5) is 0 Å². The molecule has 0 spiro atoms. The molecule has 60 valence electrons. The number of hydrogen-bond donors (Lipinski definition) is 0. The van der Waals surface area contributed by atoms with Crippen LogP contribution in [0.15, 0.2) is 0 Å². The third kappa shape index (κ3) is 4.29. The minimum Gasteiger partial charge on any atom is -0.465 e. The molecule has 0 aromatic rings. The van der Waals surface area contributed by atoms with Crippen molar-refractivity contribution in [3.05, 3.63) is 0 Å². The highest BCUT2D eigenvalue weighted by Crippen LogP contribution is 1.84. The number of likely N-dealkylation sites (N-methyl/N-ethyl adjacent to an activating group) is 1. The second kappa shape index (κ2) is 5.20. The van der Waals surface area contributed by atoms with Crippen molar-refractivity contribution in [2.75, 3.05) is 27.3 Å². The zero-order valence-electron chi connectivity index (χ0n) is 6.59. The SMILES string of the molecule is CCOC(=O)CN(C)OC. The predicted molar refractivity (Wildman–Crippen MR) is 36.3 cm³/mol. The Hall–Kier alpha value is -0.610. The number of carbonyl (C=O) groups is 1. The van der Waals surface area contributed by atoms with E-state index in [1.807, 2.05) is 0 Å². The van der Waals surface area contributed by atoms with Crippen LogP contribution < -0.4 is 0 Å². The zero-order chi connectivity index (χ0) is 7.98. The third-order valence-electron chi connectivity index (χ3n) is 0.969. The summed E-state index contributed by atoms with van der Waals surface area (Å²) in [5, 5.41) is 1.40. The molecule has 0 atom stereocenters. The Morgan fingerprint density at radius 1 is 1.60 bits per heavy atom. The summed E-state index contributed by atoms with van der Waals surface area (Å²) >= 11 is 0. The average Bonchev–Trinajstić information content (AvgIpc) is 1.88. The molecule has 0 aliphatic heterocycles. The van der Waals surface area contributed by atoms with Gasteiger partial charge in [0, 0.05) is 7.05 Å². The second-order valence-corrected chi connectivity index (χ2v) is 1.77. The van der Waals surface area contributed by atoms with E-state index in [9.17, 15) is 4.79 Å². The van der Waals surface area contributed by atoms with Crippen molar-refractivity contribution in [2.45, 2.75) is 6.92 Å². The Morgan fingerprint density at radius 3 is 2.60 bits per heavy atom. The summed E-state index contributed by atoms with van der Waals surface area (Å²) in [6, 6.07) is 0. The molecular formula is C6H13NO3. The van der Waals surface area contributed by atoms with Crippen molar-refractivity contribution in [2.24, 2.45) is 0 Å². The molecule has 4 nitrogen and oxygen atoms in total. The van der Waals surface area contributed by atoms with Gasteiger partial charge in [0.05, 0.1) is 13.7 Å². The smallest absolute Gasteiger partial charge is 0.322 e. The van der Waals surface area contributed by atoms with Crippen LogP contribution >= 0.6 is 0 Å². The van der Waals surface area contributed by atoms with Crippen molar-refractivity contribution in [3.63, 3.8) is 0 Å². The fourth-order valence-corrected chi connectivity index (χ4v) is 0.453.